The van der Waals surface area contributed by atoms with Gasteiger partial charge >= 0.3 is 0 Å². The highest BCUT2D eigenvalue weighted by molar-refractivity contribution is 7.89. The first kappa shape index (κ1) is 14.3. The molecule has 6 heteroatoms. The molecule has 0 bridgehead atoms. The number of hydrogen-bond donors (Lipinski definition) is 1. The minimum Gasteiger partial charge on any atom is -0.398 e. The van der Waals surface area contributed by atoms with Crippen molar-refractivity contribution in [1.29, 1.82) is 0 Å². The Bertz CT molecular complexity index is 587. The van der Waals surface area contributed by atoms with Gasteiger partial charge in [-0.2, -0.15) is 4.31 Å². The van der Waals surface area contributed by atoms with E-state index in [4.69, 9.17) is 5.73 Å². The molecule has 4 nitrogen and oxygen atoms in total. The number of sulfonamides is 1. The first-order valence-corrected chi connectivity index (χ1v) is 7.85. The lowest BCUT2D eigenvalue weighted by atomic mass is 10.1. The Hall–Kier alpha value is -1.14. The van der Waals surface area contributed by atoms with Gasteiger partial charge in [0, 0.05) is 18.3 Å². The molecule has 19 heavy (non-hydrogen) atoms. The number of hydrogen-bond acceptors (Lipinski definition) is 3. The Labute approximate surface area is 113 Å². The molecule has 0 radical (unpaired) electrons. The predicted octanol–water partition coefficient (Wildman–Crippen LogP) is 2.28. The highest BCUT2D eigenvalue weighted by Crippen LogP contribution is 2.28. The zero-order valence-corrected chi connectivity index (χ0v) is 12.0. The Morgan fingerprint density at radius 1 is 1.37 bits per heavy atom. The normalized spacial score (nSPS) is 21.5. The summed E-state index contributed by atoms with van der Waals surface area (Å²) in [6.07, 6.45) is 2.63. The topological polar surface area (TPSA) is 63.4 Å². The maximum Gasteiger partial charge on any atom is 0.246 e. The van der Waals surface area contributed by atoms with Crippen molar-refractivity contribution in [2.75, 3.05) is 12.3 Å². The fourth-order valence-corrected chi connectivity index (χ4v) is 4.20. The van der Waals surface area contributed by atoms with Crippen molar-refractivity contribution in [1.82, 2.24) is 4.31 Å². The zero-order valence-electron chi connectivity index (χ0n) is 11.2. The molecule has 1 aromatic rings. The van der Waals surface area contributed by atoms with Crippen LogP contribution < -0.4 is 5.73 Å². The van der Waals surface area contributed by atoms with E-state index in [9.17, 15) is 12.8 Å². The number of rotatable bonds is 2. The summed E-state index contributed by atoms with van der Waals surface area (Å²) in [6.45, 7) is 3.95. The maximum absolute atomic E-state index is 13.9. The highest BCUT2D eigenvalue weighted by Gasteiger charge is 2.33. The Balaban J connectivity index is 2.47. The number of nitrogens with zero attached hydrogens (tertiary/aromatic N) is 1. The van der Waals surface area contributed by atoms with Crippen LogP contribution in [0.5, 0.6) is 0 Å². The van der Waals surface area contributed by atoms with Crippen molar-refractivity contribution < 1.29 is 12.8 Å². The SMILES string of the molecule is Cc1cc(F)c(S(=O)(=O)N2CCCCC2C)cc1N. The average molecular weight is 286 g/mol. The van der Waals surface area contributed by atoms with Crippen molar-refractivity contribution in [3.63, 3.8) is 0 Å². The van der Waals surface area contributed by atoms with E-state index in [2.05, 4.69) is 0 Å². The lowest BCUT2D eigenvalue weighted by Crippen LogP contribution is -2.42. The molecule has 0 spiro atoms. The number of benzene rings is 1. The minimum absolute atomic E-state index is 0.0966. The maximum atomic E-state index is 13.9. The highest BCUT2D eigenvalue weighted by atomic mass is 32.2. The third-order valence-corrected chi connectivity index (χ3v) is 5.68. The van der Waals surface area contributed by atoms with Crippen LogP contribution in [-0.4, -0.2) is 25.3 Å². The quantitative estimate of drug-likeness (QED) is 0.848. The van der Waals surface area contributed by atoms with Crippen LogP contribution in [0, 0.1) is 12.7 Å². The molecule has 1 aliphatic heterocycles. The Morgan fingerprint density at radius 2 is 2.05 bits per heavy atom. The molecule has 2 N–H and O–H groups in total. The molecule has 1 unspecified atom stereocenters. The summed E-state index contributed by atoms with van der Waals surface area (Å²) in [6, 6.07) is 2.30. The minimum atomic E-state index is -3.80. The van der Waals surface area contributed by atoms with E-state index < -0.39 is 15.8 Å². The second kappa shape index (κ2) is 5.09. The summed E-state index contributed by atoms with van der Waals surface area (Å²) in [5, 5.41) is 0. The van der Waals surface area contributed by atoms with Crippen molar-refractivity contribution in [2.45, 2.75) is 44.0 Å². The van der Waals surface area contributed by atoms with E-state index >= 15 is 0 Å². The molecule has 106 valence electrons. The van der Waals surface area contributed by atoms with Gasteiger partial charge in [-0.15, -0.1) is 0 Å². The van der Waals surface area contributed by atoms with E-state index in [-0.39, 0.29) is 10.9 Å². The van der Waals surface area contributed by atoms with Gasteiger partial charge < -0.3 is 5.73 Å². The fraction of sp³-hybridized carbons (Fsp3) is 0.538. The molecule has 1 heterocycles. The molecule has 1 aliphatic rings. The second-order valence-corrected chi connectivity index (χ2v) is 6.96. The van der Waals surface area contributed by atoms with Gasteiger partial charge in [-0.1, -0.05) is 6.42 Å². The lowest BCUT2D eigenvalue weighted by molar-refractivity contribution is 0.268. The number of nitrogen functional groups attached to an aromatic ring is 1. The summed E-state index contributed by atoms with van der Waals surface area (Å²) >= 11 is 0. The van der Waals surface area contributed by atoms with E-state index in [1.54, 1.807) is 6.92 Å². The third kappa shape index (κ3) is 2.60. The predicted molar refractivity (Wildman–Crippen MR) is 72.8 cm³/mol. The molecule has 1 fully saturated rings. The Kier molecular flexibility index (Phi) is 3.82. The van der Waals surface area contributed by atoms with E-state index in [1.165, 1.54) is 16.4 Å². The first-order valence-electron chi connectivity index (χ1n) is 6.41. The van der Waals surface area contributed by atoms with Crippen LogP contribution in [-0.2, 0) is 10.0 Å². The Morgan fingerprint density at radius 3 is 2.68 bits per heavy atom. The van der Waals surface area contributed by atoms with E-state index in [1.807, 2.05) is 6.92 Å². The lowest BCUT2D eigenvalue weighted by Gasteiger charge is -2.32. The van der Waals surface area contributed by atoms with Gasteiger partial charge in [0.1, 0.15) is 10.7 Å². The summed E-state index contributed by atoms with van der Waals surface area (Å²) in [7, 11) is -3.80. The molecule has 0 aliphatic carbocycles. The number of piperidine rings is 1. The van der Waals surface area contributed by atoms with Crippen LogP contribution in [0.15, 0.2) is 17.0 Å². The molecule has 0 amide bonds. The van der Waals surface area contributed by atoms with Gasteiger partial charge in [0.2, 0.25) is 10.0 Å². The number of halogens is 1. The average Bonchev–Trinajstić information content (AvgIpc) is 2.34. The second-order valence-electron chi connectivity index (χ2n) is 5.10. The van der Waals surface area contributed by atoms with Crippen LogP contribution in [0.3, 0.4) is 0 Å². The van der Waals surface area contributed by atoms with Gasteiger partial charge in [0.15, 0.2) is 0 Å². The van der Waals surface area contributed by atoms with Gasteiger partial charge in [0.25, 0.3) is 0 Å². The molecule has 1 aromatic carbocycles. The van der Waals surface area contributed by atoms with Gasteiger partial charge in [-0.3, -0.25) is 0 Å². The van der Waals surface area contributed by atoms with Crippen molar-refractivity contribution in [3.05, 3.63) is 23.5 Å². The van der Waals surface area contributed by atoms with Crippen molar-refractivity contribution >= 4 is 15.7 Å². The monoisotopic (exact) mass is 286 g/mol. The smallest absolute Gasteiger partial charge is 0.246 e. The van der Waals surface area contributed by atoms with E-state index in [0.717, 1.165) is 19.3 Å². The summed E-state index contributed by atoms with van der Waals surface area (Å²) in [5.41, 5.74) is 6.54. The summed E-state index contributed by atoms with van der Waals surface area (Å²) < 4.78 is 40.4. The van der Waals surface area contributed by atoms with Crippen LogP contribution in [0.2, 0.25) is 0 Å². The largest absolute Gasteiger partial charge is 0.398 e. The van der Waals surface area contributed by atoms with Gasteiger partial charge in [-0.25, -0.2) is 12.8 Å². The third-order valence-electron chi connectivity index (χ3n) is 3.65. The number of nitrogens with two attached hydrogens (primary N) is 1. The first-order chi connectivity index (χ1) is 8.84. The van der Waals surface area contributed by atoms with Crippen molar-refractivity contribution in [3.8, 4) is 0 Å². The fourth-order valence-electron chi connectivity index (χ4n) is 2.42. The molecule has 2 rings (SSSR count). The van der Waals surface area contributed by atoms with Crippen LogP contribution in [0.25, 0.3) is 0 Å². The van der Waals surface area contributed by atoms with Crippen LogP contribution >= 0.6 is 0 Å². The van der Waals surface area contributed by atoms with Crippen LogP contribution in [0.1, 0.15) is 31.7 Å². The molecular weight excluding hydrogens is 267 g/mol. The molecule has 0 saturated carbocycles. The molecule has 1 saturated heterocycles. The number of aryl methyl sites for hydroxylation is 1. The summed E-state index contributed by atoms with van der Waals surface area (Å²) in [5.74, 6) is -0.732. The van der Waals surface area contributed by atoms with Gasteiger partial charge in [0.05, 0.1) is 0 Å². The molecular formula is C13H19FN2O2S. The number of anilines is 1. The van der Waals surface area contributed by atoms with Crippen molar-refractivity contribution in [2.24, 2.45) is 0 Å². The van der Waals surface area contributed by atoms with Crippen LogP contribution in [0.4, 0.5) is 10.1 Å². The summed E-state index contributed by atoms with van der Waals surface area (Å²) in [4.78, 5) is -0.315. The standard InChI is InChI=1S/C13H19FN2O2S/c1-9-7-11(14)13(8-12(9)15)19(17,18)16-6-4-3-5-10(16)2/h7-8,10H,3-6,15H2,1-2H3. The molecule has 0 aromatic heterocycles. The molecule has 1 atom stereocenters. The van der Waals surface area contributed by atoms with Gasteiger partial charge in [-0.05, 0) is 44.4 Å². The zero-order chi connectivity index (χ0) is 14.2. The van der Waals surface area contributed by atoms with E-state index in [0.29, 0.717) is 17.8 Å².